The number of ether oxygens (including phenoxy) is 1. The molecule has 1 atom stereocenters. The number of rotatable bonds is 11. The number of hydrogen-bond acceptors (Lipinski definition) is 6. The summed E-state index contributed by atoms with van der Waals surface area (Å²) in [6.07, 6.45) is 1.90. The Morgan fingerprint density at radius 3 is 2.48 bits per heavy atom. The summed E-state index contributed by atoms with van der Waals surface area (Å²) in [5, 5.41) is 9.09. The fraction of sp³-hybridized carbons (Fsp3) is 0.500. The van der Waals surface area contributed by atoms with Gasteiger partial charge >= 0.3 is 0 Å². The molecule has 27 heavy (non-hydrogen) atoms. The summed E-state index contributed by atoms with van der Waals surface area (Å²) < 4.78 is 33.4. The van der Waals surface area contributed by atoms with E-state index in [0.29, 0.717) is 11.5 Å². The van der Waals surface area contributed by atoms with Crippen molar-refractivity contribution in [3.63, 3.8) is 0 Å². The van der Waals surface area contributed by atoms with Gasteiger partial charge in [-0.25, -0.2) is 13.9 Å². The topological polar surface area (TPSA) is 105 Å². The number of thioether (sulfide) groups is 1. The van der Waals surface area contributed by atoms with Crippen LogP contribution in [0.5, 0.6) is 5.75 Å². The SMILES string of the molecule is CC#CCOc1ccc(S(=O)(=O)NC(CC)(SCCCC)C(=O)NO)cc1. The Labute approximate surface area is 165 Å². The summed E-state index contributed by atoms with van der Waals surface area (Å²) in [4.78, 5) is 10.7. The van der Waals surface area contributed by atoms with Crippen molar-refractivity contribution in [3.8, 4) is 17.6 Å². The van der Waals surface area contributed by atoms with Crippen molar-refractivity contribution in [1.82, 2.24) is 10.2 Å². The minimum atomic E-state index is -3.99. The van der Waals surface area contributed by atoms with Gasteiger partial charge < -0.3 is 4.74 Å². The molecule has 1 aromatic rings. The largest absolute Gasteiger partial charge is 0.481 e. The van der Waals surface area contributed by atoms with Crippen LogP contribution in [0.15, 0.2) is 29.2 Å². The smallest absolute Gasteiger partial charge is 0.274 e. The van der Waals surface area contributed by atoms with E-state index in [1.165, 1.54) is 24.3 Å². The van der Waals surface area contributed by atoms with E-state index in [9.17, 15) is 13.2 Å². The van der Waals surface area contributed by atoms with Crippen LogP contribution in [0, 0.1) is 11.8 Å². The van der Waals surface area contributed by atoms with Gasteiger partial charge in [-0.2, -0.15) is 4.72 Å². The minimum Gasteiger partial charge on any atom is -0.481 e. The zero-order chi connectivity index (χ0) is 20.3. The van der Waals surface area contributed by atoms with E-state index in [1.54, 1.807) is 19.3 Å². The third kappa shape index (κ3) is 6.74. The van der Waals surface area contributed by atoms with E-state index in [4.69, 9.17) is 9.94 Å². The molecule has 1 aromatic carbocycles. The van der Waals surface area contributed by atoms with Gasteiger partial charge in [0.15, 0.2) is 4.87 Å². The molecule has 0 spiro atoms. The van der Waals surface area contributed by atoms with Crippen LogP contribution in [0.3, 0.4) is 0 Å². The highest BCUT2D eigenvalue weighted by atomic mass is 32.2. The predicted octanol–water partition coefficient (Wildman–Crippen LogP) is 2.51. The van der Waals surface area contributed by atoms with E-state index in [2.05, 4.69) is 16.6 Å². The summed E-state index contributed by atoms with van der Waals surface area (Å²) in [6.45, 7) is 5.60. The minimum absolute atomic E-state index is 0.00363. The fourth-order valence-electron chi connectivity index (χ4n) is 2.14. The van der Waals surface area contributed by atoms with Crippen molar-refractivity contribution in [2.75, 3.05) is 12.4 Å². The summed E-state index contributed by atoms with van der Waals surface area (Å²) >= 11 is 1.16. The molecule has 0 aliphatic carbocycles. The van der Waals surface area contributed by atoms with Crippen molar-refractivity contribution in [3.05, 3.63) is 24.3 Å². The first-order valence-electron chi connectivity index (χ1n) is 8.60. The van der Waals surface area contributed by atoms with Crippen LogP contribution in [-0.2, 0) is 14.8 Å². The zero-order valence-electron chi connectivity index (χ0n) is 15.7. The number of benzene rings is 1. The van der Waals surface area contributed by atoms with Gasteiger partial charge in [0.2, 0.25) is 10.0 Å². The van der Waals surface area contributed by atoms with Gasteiger partial charge in [-0.1, -0.05) is 26.2 Å². The average molecular weight is 415 g/mol. The highest BCUT2D eigenvalue weighted by Gasteiger charge is 2.41. The second-order valence-electron chi connectivity index (χ2n) is 5.62. The Bertz CT molecular complexity index is 769. The van der Waals surface area contributed by atoms with E-state index in [-0.39, 0.29) is 17.9 Å². The predicted molar refractivity (Wildman–Crippen MR) is 106 cm³/mol. The van der Waals surface area contributed by atoms with Gasteiger partial charge in [-0.05, 0) is 49.8 Å². The standard InChI is InChI=1S/C18H26N2O5S2/c1-4-7-13-25-15-9-11-16(12-10-15)27(23,24)20-18(6-3,17(21)19-22)26-14-8-5-2/h9-12,20,22H,5-6,8,13-14H2,1-3H3,(H,19,21). The first-order chi connectivity index (χ1) is 12.8. The lowest BCUT2D eigenvalue weighted by Crippen LogP contribution is -2.55. The molecule has 0 saturated heterocycles. The average Bonchev–Trinajstić information content (AvgIpc) is 2.67. The lowest BCUT2D eigenvalue weighted by Gasteiger charge is -2.30. The molecule has 1 amide bonds. The second kappa shape index (κ2) is 11.2. The number of carbonyl (C=O) groups excluding carboxylic acids is 1. The van der Waals surface area contributed by atoms with Gasteiger partial charge in [0, 0.05) is 0 Å². The van der Waals surface area contributed by atoms with Crippen molar-refractivity contribution in [1.29, 1.82) is 0 Å². The molecule has 0 aliphatic heterocycles. The zero-order valence-corrected chi connectivity index (χ0v) is 17.4. The number of carbonyl (C=O) groups is 1. The van der Waals surface area contributed by atoms with Gasteiger partial charge in [0.25, 0.3) is 5.91 Å². The van der Waals surface area contributed by atoms with Crippen molar-refractivity contribution in [2.45, 2.75) is 49.8 Å². The third-order valence-corrected chi connectivity index (χ3v) is 6.93. The number of sulfonamides is 1. The lowest BCUT2D eigenvalue weighted by atomic mass is 10.2. The molecule has 0 aromatic heterocycles. The van der Waals surface area contributed by atoms with Gasteiger partial charge in [0.05, 0.1) is 4.90 Å². The highest BCUT2D eigenvalue weighted by Crippen LogP contribution is 2.30. The highest BCUT2D eigenvalue weighted by molar-refractivity contribution is 8.02. The fourth-order valence-corrected chi connectivity index (χ4v) is 5.15. The van der Waals surface area contributed by atoms with Crippen molar-refractivity contribution in [2.24, 2.45) is 0 Å². The van der Waals surface area contributed by atoms with Crippen LogP contribution in [0.2, 0.25) is 0 Å². The van der Waals surface area contributed by atoms with Crippen LogP contribution in [0.4, 0.5) is 0 Å². The summed E-state index contributed by atoms with van der Waals surface area (Å²) in [5.74, 6) is 5.72. The molecule has 0 radical (unpaired) electrons. The lowest BCUT2D eigenvalue weighted by molar-refractivity contribution is -0.132. The molecule has 0 saturated carbocycles. The van der Waals surface area contributed by atoms with E-state index in [1.807, 2.05) is 6.92 Å². The van der Waals surface area contributed by atoms with Crippen LogP contribution in [0.25, 0.3) is 0 Å². The number of unbranched alkanes of at least 4 members (excludes halogenated alkanes) is 1. The van der Waals surface area contributed by atoms with Crippen molar-refractivity contribution < 1.29 is 23.2 Å². The summed E-state index contributed by atoms with van der Waals surface area (Å²) in [6, 6.07) is 5.84. The van der Waals surface area contributed by atoms with E-state index < -0.39 is 20.8 Å². The molecule has 0 fully saturated rings. The molecular formula is C18H26N2O5S2. The first kappa shape index (κ1) is 23.3. The van der Waals surface area contributed by atoms with Crippen LogP contribution in [0.1, 0.15) is 40.0 Å². The summed E-state index contributed by atoms with van der Waals surface area (Å²) in [7, 11) is -3.99. The first-order valence-corrected chi connectivity index (χ1v) is 11.1. The molecule has 0 aliphatic rings. The third-order valence-electron chi connectivity index (χ3n) is 3.73. The number of hydrogen-bond donors (Lipinski definition) is 3. The Morgan fingerprint density at radius 2 is 1.96 bits per heavy atom. The molecule has 150 valence electrons. The van der Waals surface area contributed by atoms with E-state index in [0.717, 1.165) is 24.6 Å². The Balaban J connectivity index is 3.04. The Morgan fingerprint density at radius 1 is 1.30 bits per heavy atom. The number of hydroxylamine groups is 1. The van der Waals surface area contributed by atoms with Crippen LogP contribution < -0.4 is 14.9 Å². The molecule has 1 rings (SSSR count). The van der Waals surface area contributed by atoms with Crippen LogP contribution in [-0.4, -0.2) is 36.8 Å². The molecule has 9 heteroatoms. The van der Waals surface area contributed by atoms with E-state index >= 15 is 0 Å². The molecule has 7 nitrogen and oxygen atoms in total. The van der Waals surface area contributed by atoms with Crippen LogP contribution >= 0.6 is 11.8 Å². The number of amides is 1. The van der Waals surface area contributed by atoms with Gasteiger partial charge in [0.1, 0.15) is 12.4 Å². The van der Waals surface area contributed by atoms with Gasteiger partial charge in [-0.15, -0.1) is 17.7 Å². The van der Waals surface area contributed by atoms with Gasteiger partial charge in [-0.3, -0.25) is 10.0 Å². The van der Waals surface area contributed by atoms with Crippen molar-refractivity contribution >= 4 is 27.7 Å². The maximum atomic E-state index is 12.8. The second-order valence-corrected chi connectivity index (χ2v) is 8.69. The summed E-state index contributed by atoms with van der Waals surface area (Å²) in [5.41, 5.74) is 1.58. The molecule has 0 bridgehead atoms. The normalized spacial score (nSPS) is 13.2. The Kier molecular flexibility index (Phi) is 9.66. The maximum Gasteiger partial charge on any atom is 0.274 e. The monoisotopic (exact) mass is 414 g/mol. The maximum absolute atomic E-state index is 12.8. The molecule has 0 heterocycles. The number of nitrogens with one attached hydrogen (secondary N) is 2. The Hall–Kier alpha value is -1.73. The molecule has 1 unspecified atom stereocenters. The quantitative estimate of drug-likeness (QED) is 0.169. The molecular weight excluding hydrogens is 388 g/mol. The molecule has 3 N–H and O–H groups in total.